The number of carbonyl (C=O) groups is 1. The van der Waals surface area contributed by atoms with Crippen molar-refractivity contribution in [3.05, 3.63) is 35.9 Å². The van der Waals surface area contributed by atoms with Gasteiger partial charge in [-0.3, -0.25) is 10.1 Å². The van der Waals surface area contributed by atoms with E-state index in [1.807, 2.05) is 31.2 Å². The summed E-state index contributed by atoms with van der Waals surface area (Å²) in [6.07, 6.45) is 5.41. The maximum absolute atomic E-state index is 11.9. The molecule has 1 N–H and O–H groups in total. The Morgan fingerprint density at radius 2 is 2.08 bits per heavy atom. The Hall–Kier alpha value is -1.86. The predicted molar refractivity (Wildman–Crippen MR) is 101 cm³/mol. The first-order chi connectivity index (χ1) is 11.7. The first-order valence-electron chi connectivity index (χ1n) is 7.89. The number of nitrogens with one attached hydrogen (secondary N) is 1. The van der Waals surface area contributed by atoms with Crippen LogP contribution in [0.5, 0.6) is 5.75 Å². The minimum Gasteiger partial charge on any atom is -0.494 e. The van der Waals surface area contributed by atoms with Crippen LogP contribution in [0.15, 0.2) is 34.7 Å². The van der Waals surface area contributed by atoms with Crippen LogP contribution in [0.4, 0.5) is 5.13 Å². The van der Waals surface area contributed by atoms with Gasteiger partial charge in [-0.1, -0.05) is 55.5 Å². The number of benzene rings is 1. The smallest absolute Gasteiger partial charge is 0.250 e. The Kier molecular flexibility index (Phi) is 7.77. The summed E-state index contributed by atoms with van der Waals surface area (Å²) in [7, 11) is 0. The molecule has 1 aromatic carbocycles. The molecule has 0 aliphatic carbocycles. The molecule has 2 rings (SSSR count). The molecule has 0 aliphatic heterocycles. The van der Waals surface area contributed by atoms with Gasteiger partial charge in [0.2, 0.25) is 11.0 Å². The molecule has 2 aromatic rings. The van der Waals surface area contributed by atoms with Crippen molar-refractivity contribution in [1.29, 1.82) is 0 Å². The highest BCUT2D eigenvalue weighted by Gasteiger charge is 2.05. The largest absolute Gasteiger partial charge is 0.494 e. The number of anilines is 1. The number of aromatic nitrogens is 2. The highest BCUT2D eigenvalue weighted by atomic mass is 32.2. The van der Waals surface area contributed by atoms with E-state index in [9.17, 15) is 4.79 Å². The molecular formula is C17H21N3O2S2. The monoisotopic (exact) mass is 363 g/mol. The van der Waals surface area contributed by atoms with Gasteiger partial charge in [-0.25, -0.2) is 0 Å². The number of hydrogen-bond acceptors (Lipinski definition) is 6. The van der Waals surface area contributed by atoms with Crippen molar-refractivity contribution < 1.29 is 9.53 Å². The maximum atomic E-state index is 11.9. The van der Waals surface area contributed by atoms with Gasteiger partial charge >= 0.3 is 0 Å². The molecular weight excluding hydrogens is 342 g/mol. The van der Waals surface area contributed by atoms with E-state index in [-0.39, 0.29) is 5.91 Å². The molecule has 0 saturated heterocycles. The Morgan fingerprint density at radius 3 is 2.79 bits per heavy atom. The van der Waals surface area contributed by atoms with Crippen molar-refractivity contribution in [3.8, 4) is 5.75 Å². The third-order valence-corrected chi connectivity index (χ3v) is 4.83. The molecule has 5 nitrogen and oxygen atoms in total. The number of amides is 1. The highest BCUT2D eigenvalue weighted by Crippen LogP contribution is 2.24. The van der Waals surface area contributed by atoms with Gasteiger partial charge in [0.25, 0.3) is 0 Å². The maximum Gasteiger partial charge on any atom is 0.250 e. The van der Waals surface area contributed by atoms with Crippen molar-refractivity contribution in [3.63, 3.8) is 0 Å². The van der Waals surface area contributed by atoms with Crippen molar-refractivity contribution in [1.82, 2.24) is 10.2 Å². The molecule has 7 heteroatoms. The number of nitrogens with zero attached hydrogens (tertiary/aromatic N) is 2. The van der Waals surface area contributed by atoms with Crippen LogP contribution in [0.25, 0.3) is 6.08 Å². The van der Waals surface area contributed by atoms with E-state index in [0.717, 1.165) is 40.9 Å². The molecule has 1 heterocycles. The van der Waals surface area contributed by atoms with Crippen LogP contribution in [0.3, 0.4) is 0 Å². The standard InChI is InChI=1S/C17H21N3O2S2/c1-3-5-12-22-14-9-6-13(7-10-14)8-11-15(21)18-16-19-20-17(24-16)23-4-2/h6-11H,3-5,12H2,1-2H3,(H,18,19,21)/b11-8+. The molecule has 0 radical (unpaired) electrons. The minimum atomic E-state index is -0.220. The molecule has 0 saturated carbocycles. The van der Waals surface area contributed by atoms with E-state index in [1.54, 1.807) is 17.8 Å². The van der Waals surface area contributed by atoms with E-state index in [1.165, 1.54) is 17.4 Å². The van der Waals surface area contributed by atoms with Crippen LogP contribution >= 0.6 is 23.1 Å². The SMILES string of the molecule is CCCCOc1ccc(/C=C/C(=O)Nc2nnc(SCC)s2)cc1. The summed E-state index contributed by atoms with van der Waals surface area (Å²) in [4.78, 5) is 11.9. The van der Waals surface area contributed by atoms with Gasteiger partial charge in [-0.05, 0) is 35.9 Å². The predicted octanol–water partition coefficient (Wildman–Crippen LogP) is 4.48. The number of thioether (sulfide) groups is 1. The zero-order valence-corrected chi connectivity index (χ0v) is 15.5. The van der Waals surface area contributed by atoms with E-state index < -0.39 is 0 Å². The fourth-order valence-electron chi connectivity index (χ4n) is 1.77. The summed E-state index contributed by atoms with van der Waals surface area (Å²) in [6, 6.07) is 7.66. The van der Waals surface area contributed by atoms with E-state index >= 15 is 0 Å². The molecule has 0 fully saturated rings. The minimum absolute atomic E-state index is 0.220. The average molecular weight is 364 g/mol. The number of ether oxygens (including phenoxy) is 1. The van der Waals surface area contributed by atoms with Crippen molar-refractivity contribution in [2.45, 2.75) is 31.0 Å². The van der Waals surface area contributed by atoms with Crippen LogP contribution in [0.2, 0.25) is 0 Å². The fraction of sp³-hybridized carbons (Fsp3) is 0.353. The Labute approximate surface area is 150 Å². The Balaban J connectivity index is 1.84. The number of hydrogen-bond donors (Lipinski definition) is 1. The van der Waals surface area contributed by atoms with Crippen LogP contribution in [0, 0.1) is 0 Å². The average Bonchev–Trinajstić information content (AvgIpc) is 3.02. The molecule has 0 spiro atoms. The summed E-state index contributed by atoms with van der Waals surface area (Å²) in [6.45, 7) is 4.91. The van der Waals surface area contributed by atoms with Gasteiger partial charge in [0.05, 0.1) is 6.61 Å². The summed E-state index contributed by atoms with van der Waals surface area (Å²) >= 11 is 2.98. The summed E-state index contributed by atoms with van der Waals surface area (Å²) in [5, 5.41) is 11.2. The van der Waals surface area contributed by atoms with Crippen LogP contribution < -0.4 is 10.1 Å². The molecule has 1 amide bonds. The topological polar surface area (TPSA) is 64.1 Å². The van der Waals surface area contributed by atoms with Crippen molar-refractivity contribution >= 4 is 40.2 Å². The zero-order valence-electron chi connectivity index (χ0n) is 13.8. The molecule has 24 heavy (non-hydrogen) atoms. The number of unbranched alkanes of at least 4 members (excludes halogenated alkanes) is 1. The quantitative estimate of drug-likeness (QED) is 0.308. The third-order valence-electron chi connectivity index (χ3n) is 2.98. The number of carbonyl (C=O) groups excluding carboxylic acids is 1. The van der Waals surface area contributed by atoms with Crippen LogP contribution in [-0.2, 0) is 4.79 Å². The van der Waals surface area contributed by atoms with Crippen LogP contribution in [-0.4, -0.2) is 28.5 Å². The molecule has 0 bridgehead atoms. The van der Waals surface area contributed by atoms with Gasteiger partial charge in [-0.15, -0.1) is 10.2 Å². The van der Waals surface area contributed by atoms with Gasteiger partial charge in [-0.2, -0.15) is 0 Å². The first-order valence-corrected chi connectivity index (χ1v) is 9.69. The van der Waals surface area contributed by atoms with Crippen LogP contribution in [0.1, 0.15) is 32.3 Å². The molecule has 0 aliphatic rings. The third kappa shape index (κ3) is 6.33. The molecule has 1 aromatic heterocycles. The van der Waals surface area contributed by atoms with Crippen molar-refractivity contribution in [2.24, 2.45) is 0 Å². The highest BCUT2D eigenvalue weighted by molar-refractivity contribution is 8.01. The summed E-state index contributed by atoms with van der Waals surface area (Å²) in [5.74, 6) is 1.56. The molecule has 0 atom stereocenters. The summed E-state index contributed by atoms with van der Waals surface area (Å²) in [5.41, 5.74) is 0.937. The molecule has 128 valence electrons. The van der Waals surface area contributed by atoms with E-state index in [4.69, 9.17) is 4.74 Å². The second-order valence-electron chi connectivity index (χ2n) is 4.90. The fourth-order valence-corrected chi connectivity index (χ4v) is 3.42. The van der Waals surface area contributed by atoms with Crippen molar-refractivity contribution in [2.75, 3.05) is 17.7 Å². The zero-order chi connectivity index (χ0) is 17.2. The lowest BCUT2D eigenvalue weighted by atomic mass is 10.2. The van der Waals surface area contributed by atoms with Gasteiger partial charge in [0, 0.05) is 6.08 Å². The first kappa shape index (κ1) is 18.5. The molecule has 0 unspecified atom stereocenters. The number of rotatable bonds is 9. The second-order valence-corrected chi connectivity index (χ2v) is 7.39. The van der Waals surface area contributed by atoms with E-state index in [2.05, 4.69) is 22.4 Å². The Bertz CT molecular complexity index is 669. The van der Waals surface area contributed by atoms with Gasteiger partial charge < -0.3 is 4.74 Å². The van der Waals surface area contributed by atoms with Gasteiger partial charge in [0.15, 0.2) is 4.34 Å². The summed E-state index contributed by atoms with van der Waals surface area (Å²) < 4.78 is 6.47. The normalized spacial score (nSPS) is 10.9. The second kappa shape index (κ2) is 10.1. The van der Waals surface area contributed by atoms with E-state index in [0.29, 0.717) is 5.13 Å². The lowest BCUT2D eigenvalue weighted by Gasteiger charge is -2.04. The lowest BCUT2D eigenvalue weighted by molar-refractivity contribution is -0.111. The lowest BCUT2D eigenvalue weighted by Crippen LogP contribution is -2.07. The Morgan fingerprint density at radius 1 is 1.29 bits per heavy atom. The van der Waals surface area contributed by atoms with Gasteiger partial charge in [0.1, 0.15) is 5.75 Å².